The van der Waals surface area contributed by atoms with Crippen LogP contribution in [0.25, 0.3) is 0 Å². The molecule has 0 saturated carbocycles. The van der Waals surface area contributed by atoms with Gasteiger partial charge in [-0.2, -0.15) is 0 Å². The van der Waals surface area contributed by atoms with Crippen LogP contribution < -0.4 is 4.90 Å². The van der Waals surface area contributed by atoms with E-state index >= 15 is 0 Å². The minimum atomic E-state index is -0.948. The summed E-state index contributed by atoms with van der Waals surface area (Å²) in [5.74, 6) is -0.855. The number of ether oxygens (including phenoxy) is 1. The maximum atomic E-state index is 11.2. The number of thiazole rings is 1. The van der Waals surface area contributed by atoms with E-state index < -0.39 is 11.4 Å². The van der Waals surface area contributed by atoms with Gasteiger partial charge >= 0.3 is 5.97 Å². The highest BCUT2D eigenvalue weighted by Gasteiger charge is 2.34. The van der Waals surface area contributed by atoms with Crippen molar-refractivity contribution in [1.29, 1.82) is 0 Å². The molecule has 1 aromatic rings. The fourth-order valence-corrected chi connectivity index (χ4v) is 3.01. The molecule has 1 aromatic heterocycles. The van der Waals surface area contributed by atoms with Gasteiger partial charge in [-0.05, 0) is 27.7 Å². The average molecular weight is 284 g/mol. The molecule has 1 aliphatic heterocycles. The zero-order valence-electron chi connectivity index (χ0n) is 11.8. The van der Waals surface area contributed by atoms with Crippen LogP contribution in [0, 0.1) is 0 Å². The first-order valence-corrected chi connectivity index (χ1v) is 7.19. The summed E-state index contributed by atoms with van der Waals surface area (Å²) in [6, 6.07) is 0. The van der Waals surface area contributed by atoms with Crippen LogP contribution in [-0.4, -0.2) is 41.4 Å². The third-order valence-corrected chi connectivity index (χ3v) is 4.26. The van der Waals surface area contributed by atoms with Gasteiger partial charge in [-0.15, -0.1) is 11.3 Å². The summed E-state index contributed by atoms with van der Waals surface area (Å²) in [5.41, 5.74) is -0.521. The number of morpholine rings is 1. The van der Waals surface area contributed by atoms with Crippen molar-refractivity contribution in [3.8, 4) is 0 Å². The monoisotopic (exact) mass is 284 g/mol. The number of rotatable bonds is 3. The maximum absolute atomic E-state index is 11.2. The van der Waals surface area contributed by atoms with Gasteiger partial charge in [0.05, 0.1) is 17.9 Å². The molecule has 0 spiro atoms. The summed E-state index contributed by atoms with van der Waals surface area (Å²) in [6.07, 6.45) is 0. The van der Waals surface area contributed by atoms with E-state index in [2.05, 4.69) is 23.7 Å². The van der Waals surface area contributed by atoms with E-state index in [0.717, 1.165) is 18.2 Å². The normalized spacial score (nSPS) is 19.5. The van der Waals surface area contributed by atoms with Crippen LogP contribution in [0.1, 0.15) is 33.4 Å². The second-order valence-corrected chi connectivity index (χ2v) is 6.81. The smallest absolute Gasteiger partial charge is 0.315 e. The van der Waals surface area contributed by atoms with E-state index in [1.165, 1.54) is 11.3 Å². The Hall–Kier alpha value is -1.14. The maximum Gasteiger partial charge on any atom is 0.315 e. The third kappa shape index (κ3) is 2.90. The van der Waals surface area contributed by atoms with E-state index in [4.69, 9.17) is 4.74 Å². The van der Waals surface area contributed by atoms with Crippen molar-refractivity contribution in [3.05, 3.63) is 11.1 Å². The highest BCUT2D eigenvalue weighted by molar-refractivity contribution is 7.13. The Bertz CT molecular complexity index is 482. The fourth-order valence-electron chi connectivity index (χ4n) is 1.99. The molecule has 1 saturated heterocycles. The molecule has 0 radical (unpaired) electrons. The molecule has 2 rings (SSSR count). The molecule has 0 aromatic carbocycles. The molecule has 1 N–H and O–H groups in total. The fraction of sp³-hybridized carbons (Fsp3) is 0.692. The minimum absolute atomic E-state index is 0.188. The number of aromatic nitrogens is 1. The molecule has 0 aliphatic carbocycles. The van der Waals surface area contributed by atoms with Gasteiger partial charge in [-0.1, -0.05) is 0 Å². The Morgan fingerprint density at radius 3 is 2.84 bits per heavy atom. The van der Waals surface area contributed by atoms with Crippen molar-refractivity contribution in [2.45, 2.75) is 38.7 Å². The van der Waals surface area contributed by atoms with Gasteiger partial charge in [0, 0.05) is 18.5 Å². The summed E-state index contributed by atoms with van der Waals surface area (Å²) in [7, 11) is 0. The number of anilines is 1. The first kappa shape index (κ1) is 14.3. The van der Waals surface area contributed by atoms with E-state index in [0.29, 0.717) is 12.3 Å². The molecule has 2 heterocycles. The summed E-state index contributed by atoms with van der Waals surface area (Å²) in [5, 5.41) is 11.9. The predicted molar refractivity (Wildman–Crippen MR) is 75.0 cm³/mol. The van der Waals surface area contributed by atoms with Crippen LogP contribution in [0.4, 0.5) is 5.13 Å². The van der Waals surface area contributed by atoms with Crippen molar-refractivity contribution >= 4 is 22.4 Å². The molecule has 6 heteroatoms. The largest absolute Gasteiger partial charge is 0.481 e. The number of carboxylic acid groups (broad SMARTS) is 1. The number of hydrogen-bond acceptors (Lipinski definition) is 5. The molecule has 1 fully saturated rings. The summed E-state index contributed by atoms with van der Waals surface area (Å²) in [4.78, 5) is 17.9. The number of carbonyl (C=O) groups is 1. The zero-order chi connectivity index (χ0) is 14.3. The Kier molecular flexibility index (Phi) is 3.57. The van der Waals surface area contributed by atoms with E-state index in [1.54, 1.807) is 13.8 Å². The molecule has 0 bridgehead atoms. The Balaban J connectivity index is 2.20. The third-order valence-electron chi connectivity index (χ3n) is 3.36. The molecule has 0 atom stereocenters. The van der Waals surface area contributed by atoms with Crippen LogP contribution >= 0.6 is 11.3 Å². The van der Waals surface area contributed by atoms with Crippen LogP contribution in [0.15, 0.2) is 5.38 Å². The topological polar surface area (TPSA) is 62.7 Å². The number of nitrogens with zero attached hydrogens (tertiary/aromatic N) is 2. The Morgan fingerprint density at radius 2 is 2.26 bits per heavy atom. The summed E-state index contributed by atoms with van der Waals surface area (Å²) in [6.45, 7) is 9.69. The lowest BCUT2D eigenvalue weighted by molar-refractivity contribution is -0.142. The minimum Gasteiger partial charge on any atom is -0.481 e. The van der Waals surface area contributed by atoms with Crippen LogP contribution in [0.2, 0.25) is 0 Å². The van der Waals surface area contributed by atoms with Crippen molar-refractivity contribution in [3.63, 3.8) is 0 Å². The van der Waals surface area contributed by atoms with Crippen LogP contribution in [0.5, 0.6) is 0 Å². The first-order chi connectivity index (χ1) is 8.72. The number of carboxylic acids is 1. The second-order valence-electron chi connectivity index (χ2n) is 5.98. The molecule has 106 valence electrons. The van der Waals surface area contributed by atoms with Crippen LogP contribution in [-0.2, 0) is 14.9 Å². The lowest BCUT2D eigenvalue weighted by Crippen LogP contribution is -2.48. The first-order valence-electron chi connectivity index (χ1n) is 6.31. The standard InChI is InChI=1S/C13H20N2O3S/c1-12(2)8-15(5-6-18-12)11-14-9(7-19-11)13(3,4)10(16)17/h7H,5-6,8H2,1-4H3,(H,16,17). The lowest BCUT2D eigenvalue weighted by atomic mass is 9.90. The van der Waals surface area contributed by atoms with E-state index in [-0.39, 0.29) is 5.60 Å². The van der Waals surface area contributed by atoms with Gasteiger partial charge in [0.25, 0.3) is 0 Å². The SMILES string of the molecule is CC1(C)CN(c2nc(C(C)(C)C(=O)O)cs2)CCO1. The summed E-state index contributed by atoms with van der Waals surface area (Å²) >= 11 is 1.50. The quantitative estimate of drug-likeness (QED) is 0.921. The van der Waals surface area contributed by atoms with E-state index in [1.807, 2.05) is 5.38 Å². The van der Waals surface area contributed by atoms with E-state index in [9.17, 15) is 9.90 Å². The lowest BCUT2D eigenvalue weighted by Gasteiger charge is -2.38. The van der Waals surface area contributed by atoms with Crippen molar-refractivity contribution in [2.24, 2.45) is 0 Å². The van der Waals surface area contributed by atoms with Gasteiger partial charge in [-0.3, -0.25) is 4.79 Å². The van der Waals surface area contributed by atoms with Gasteiger partial charge < -0.3 is 14.7 Å². The predicted octanol–water partition coefficient (Wildman–Crippen LogP) is 2.12. The molecule has 5 nitrogen and oxygen atoms in total. The number of hydrogen-bond donors (Lipinski definition) is 1. The molecular formula is C13H20N2O3S. The van der Waals surface area contributed by atoms with Gasteiger partial charge in [-0.25, -0.2) is 4.98 Å². The van der Waals surface area contributed by atoms with Crippen molar-refractivity contribution in [2.75, 3.05) is 24.6 Å². The second kappa shape index (κ2) is 4.76. The highest BCUT2D eigenvalue weighted by atomic mass is 32.1. The van der Waals surface area contributed by atoms with Gasteiger partial charge in [0.1, 0.15) is 5.41 Å². The number of aliphatic carboxylic acids is 1. The zero-order valence-corrected chi connectivity index (χ0v) is 12.6. The average Bonchev–Trinajstić information content (AvgIpc) is 2.77. The van der Waals surface area contributed by atoms with Crippen molar-refractivity contribution in [1.82, 2.24) is 4.98 Å². The Labute approximate surface area is 117 Å². The molecule has 19 heavy (non-hydrogen) atoms. The molecular weight excluding hydrogens is 264 g/mol. The van der Waals surface area contributed by atoms with Gasteiger partial charge in [0.2, 0.25) is 0 Å². The highest BCUT2D eigenvalue weighted by Crippen LogP contribution is 2.31. The summed E-state index contributed by atoms with van der Waals surface area (Å²) < 4.78 is 5.67. The molecule has 0 unspecified atom stereocenters. The van der Waals surface area contributed by atoms with Gasteiger partial charge in [0.15, 0.2) is 5.13 Å². The van der Waals surface area contributed by atoms with Crippen molar-refractivity contribution < 1.29 is 14.6 Å². The molecule has 0 amide bonds. The molecule has 1 aliphatic rings. The Morgan fingerprint density at radius 1 is 1.58 bits per heavy atom. The van der Waals surface area contributed by atoms with Crippen LogP contribution in [0.3, 0.4) is 0 Å².